The van der Waals surface area contributed by atoms with E-state index in [2.05, 4.69) is 5.32 Å². The van der Waals surface area contributed by atoms with Crippen LogP contribution in [0.5, 0.6) is 5.75 Å². The standard InChI is InChI=1S/C16H22N2O3S/c1-4-20-14-8-6-5-7-13(14)15(19)17-16(22)18-9-11(2)21-12(3)10-18/h5-8,11-12H,4,9-10H2,1-3H3,(H,17,19,22). The molecular weight excluding hydrogens is 300 g/mol. The molecule has 1 aromatic rings. The van der Waals surface area contributed by atoms with Gasteiger partial charge in [-0.3, -0.25) is 10.1 Å². The van der Waals surface area contributed by atoms with Crippen LogP contribution >= 0.6 is 12.2 Å². The molecule has 22 heavy (non-hydrogen) atoms. The molecule has 0 radical (unpaired) electrons. The zero-order chi connectivity index (χ0) is 16.1. The maximum Gasteiger partial charge on any atom is 0.261 e. The van der Waals surface area contributed by atoms with E-state index in [1.165, 1.54) is 0 Å². The number of hydrogen-bond acceptors (Lipinski definition) is 4. The maximum absolute atomic E-state index is 12.4. The number of nitrogens with zero attached hydrogens (tertiary/aromatic N) is 1. The molecule has 0 spiro atoms. The number of thiocarbonyl (C=S) groups is 1. The minimum atomic E-state index is -0.249. The molecule has 6 heteroatoms. The molecule has 1 saturated heterocycles. The molecule has 0 saturated carbocycles. The fourth-order valence-corrected chi connectivity index (χ4v) is 2.76. The van der Waals surface area contributed by atoms with Crippen LogP contribution in [0, 0.1) is 0 Å². The number of morpholine rings is 1. The first kappa shape index (κ1) is 16.7. The number of carbonyl (C=O) groups excluding carboxylic acids is 1. The van der Waals surface area contributed by atoms with Gasteiger partial charge in [-0.05, 0) is 45.1 Å². The zero-order valence-corrected chi connectivity index (χ0v) is 14.0. The van der Waals surface area contributed by atoms with Crippen LogP contribution in [0.25, 0.3) is 0 Å². The van der Waals surface area contributed by atoms with Crippen LogP contribution in [0.4, 0.5) is 0 Å². The smallest absolute Gasteiger partial charge is 0.261 e. The third-order valence-electron chi connectivity index (χ3n) is 3.36. The Kier molecular flexibility index (Phi) is 5.74. The number of carbonyl (C=O) groups is 1. The Bertz CT molecular complexity index is 540. The van der Waals surface area contributed by atoms with Gasteiger partial charge in [0.05, 0.1) is 24.4 Å². The lowest BCUT2D eigenvalue weighted by atomic mass is 10.2. The summed E-state index contributed by atoms with van der Waals surface area (Å²) in [7, 11) is 0. The maximum atomic E-state index is 12.4. The number of para-hydroxylation sites is 1. The minimum Gasteiger partial charge on any atom is -0.493 e. The average Bonchev–Trinajstić information content (AvgIpc) is 2.47. The van der Waals surface area contributed by atoms with E-state index in [1.54, 1.807) is 18.2 Å². The molecule has 1 aliphatic heterocycles. The monoisotopic (exact) mass is 322 g/mol. The van der Waals surface area contributed by atoms with Crippen LogP contribution < -0.4 is 10.1 Å². The fraction of sp³-hybridized carbons (Fsp3) is 0.500. The Labute approximate surface area is 136 Å². The van der Waals surface area contributed by atoms with E-state index in [1.807, 2.05) is 31.7 Å². The van der Waals surface area contributed by atoms with Crippen molar-refractivity contribution in [3.8, 4) is 5.75 Å². The summed E-state index contributed by atoms with van der Waals surface area (Å²) in [6.45, 7) is 7.74. The molecule has 0 aliphatic carbocycles. The lowest BCUT2D eigenvalue weighted by Crippen LogP contribution is -2.52. The summed E-state index contributed by atoms with van der Waals surface area (Å²) in [4.78, 5) is 14.4. The van der Waals surface area contributed by atoms with Crippen molar-refractivity contribution in [2.45, 2.75) is 33.0 Å². The van der Waals surface area contributed by atoms with Crippen molar-refractivity contribution in [1.29, 1.82) is 0 Å². The third kappa shape index (κ3) is 4.18. The topological polar surface area (TPSA) is 50.8 Å². The van der Waals surface area contributed by atoms with Gasteiger partial charge in [-0.15, -0.1) is 0 Å². The first-order valence-electron chi connectivity index (χ1n) is 7.48. The summed E-state index contributed by atoms with van der Waals surface area (Å²) >= 11 is 5.36. The van der Waals surface area contributed by atoms with E-state index < -0.39 is 0 Å². The number of ether oxygens (including phenoxy) is 2. The Morgan fingerprint density at radius 1 is 1.36 bits per heavy atom. The summed E-state index contributed by atoms with van der Waals surface area (Å²) in [6.07, 6.45) is 0.184. The Hall–Kier alpha value is -1.66. The highest BCUT2D eigenvalue weighted by molar-refractivity contribution is 7.80. The van der Waals surface area contributed by atoms with E-state index in [4.69, 9.17) is 21.7 Å². The lowest BCUT2D eigenvalue weighted by molar-refractivity contribution is -0.0481. The van der Waals surface area contributed by atoms with Gasteiger partial charge in [0.1, 0.15) is 5.75 Å². The van der Waals surface area contributed by atoms with Crippen LogP contribution in [0.2, 0.25) is 0 Å². The second-order valence-corrected chi connectivity index (χ2v) is 5.74. The van der Waals surface area contributed by atoms with Crippen LogP contribution in [0.1, 0.15) is 31.1 Å². The number of nitrogens with one attached hydrogen (secondary N) is 1. The molecule has 2 rings (SSSR count). The molecule has 2 atom stereocenters. The van der Waals surface area contributed by atoms with Crippen molar-refractivity contribution in [2.24, 2.45) is 0 Å². The van der Waals surface area contributed by atoms with E-state index in [9.17, 15) is 4.79 Å². The van der Waals surface area contributed by atoms with Crippen LogP contribution in [0.15, 0.2) is 24.3 Å². The van der Waals surface area contributed by atoms with Gasteiger partial charge in [-0.2, -0.15) is 0 Å². The van der Waals surface area contributed by atoms with Gasteiger partial charge in [-0.25, -0.2) is 0 Å². The summed E-state index contributed by atoms with van der Waals surface area (Å²) < 4.78 is 11.2. The first-order chi connectivity index (χ1) is 10.5. The van der Waals surface area contributed by atoms with E-state index in [-0.39, 0.29) is 18.1 Å². The first-order valence-corrected chi connectivity index (χ1v) is 7.89. The van der Waals surface area contributed by atoms with Crippen LogP contribution in [0.3, 0.4) is 0 Å². The van der Waals surface area contributed by atoms with Gasteiger partial charge in [0.2, 0.25) is 0 Å². The van der Waals surface area contributed by atoms with Crippen molar-refractivity contribution < 1.29 is 14.3 Å². The van der Waals surface area contributed by atoms with Crippen molar-refractivity contribution in [2.75, 3.05) is 19.7 Å². The Balaban J connectivity index is 2.04. The number of benzene rings is 1. The van der Waals surface area contributed by atoms with Gasteiger partial charge in [0.15, 0.2) is 5.11 Å². The highest BCUT2D eigenvalue weighted by Gasteiger charge is 2.25. The van der Waals surface area contributed by atoms with E-state index in [0.717, 1.165) is 0 Å². The van der Waals surface area contributed by atoms with Crippen molar-refractivity contribution in [3.05, 3.63) is 29.8 Å². The molecular formula is C16H22N2O3S. The summed E-state index contributed by atoms with van der Waals surface area (Å²) in [6, 6.07) is 7.15. The Morgan fingerprint density at radius 2 is 2.00 bits per heavy atom. The van der Waals surface area contributed by atoms with Crippen LogP contribution in [-0.2, 0) is 4.74 Å². The minimum absolute atomic E-state index is 0.0920. The molecule has 2 unspecified atom stereocenters. The van der Waals surface area contributed by atoms with E-state index >= 15 is 0 Å². The molecule has 1 amide bonds. The molecule has 0 aromatic heterocycles. The highest BCUT2D eigenvalue weighted by atomic mass is 32.1. The summed E-state index contributed by atoms with van der Waals surface area (Å²) in [5.74, 6) is 0.315. The van der Waals surface area contributed by atoms with Gasteiger partial charge in [0, 0.05) is 13.1 Å². The zero-order valence-electron chi connectivity index (χ0n) is 13.2. The largest absolute Gasteiger partial charge is 0.493 e. The number of rotatable bonds is 3. The molecule has 5 nitrogen and oxygen atoms in total. The van der Waals surface area contributed by atoms with Crippen molar-refractivity contribution in [3.63, 3.8) is 0 Å². The summed E-state index contributed by atoms with van der Waals surface area (Å²) in [5, 5.41) is 3.22. The van der Waals surface area contributed by atoms with Gasteiger partial charge < -0.3 is 14.4 Å². The quantitative estimate of drug-likeness (QED) is 0.865. The summed E-state index contributed by atoms with van der Waals surface area (Å²) in [5.41, 5.74) is 0.487. The molecule has 1 aromatic carbocycles. The predicted octanol–water partition coefficient (Wildman–Crippen LogP) is 2.21. The van der Waals surface area contributed by atoms with Crippen LogP contribution in [-0.4, -0.2) is 47.8 Å². The number of hydrogen-bond donors (Lipinski definition) is 1. The molecule has 1 heterocycles. The number of amides is 1. The average molecular weight is 322 g/mol. The molecule has 120 valence electrons. The SMILES string of the molecule is CCOc1ccccc1C(=O)NC(=S)N1CC(C)OC(C)C1. The second kappa shape index (κ2) is 7.56. The van der Waals surface area contributed by atoms with Crippen molar-refractivity contribution in [1.82, 2.24) is 10.2 Å². The van der Waals surface area contributed by atoms with Gasteiger partial charge >= 0.3 is 0 Å². The van der Waals surface area contributed by atoms with Crippen molar-refractivity contribution >= 4 is 23.2 Å². The lowest BCUT2D eigenvalue weighted by Gasteiger charge is -2.36. The third-order valence-corrected chi connectivity index (χ3v) is 3.72. The molecule has 1 N–H and O–H groups in total. The normalized spacial score (nSPS) is 21.3. The highest BCUT2D eigenvalue weighted by Crippen LogP contribution is 2.18. The molecule has 0 bridgehead atoms. The second-order valence-electron chi connectivity index (χ2n) is 5.35. The molecule has 1 fully saturated rings. The van der Waals surface area contributed by atoms with Gasteiger partial charge in [-0.1, -0.05) is 12.1 Å². The van der Waals surface area contributed by atoms with E-state index in [0.29, 0.717) is 36.1 Å². The fourth-order valence-electron chi connectivity index (χ4n) is 2.52. The van der Waals surface area contributed by atoms with Gasteiger partial charge in [0.25, 0.3) is 5.91 Å². The molecule has 1 aliphatic rings. The predicted molar refractivity (Wildman–Crippen MR) is 89.3 cm³/mol. The Morgan fingerprint density at radius 3 is 2.64 bits per heavy atom.